The van der Waals surface area contributed by atoms with E-state index in [0.29, 0.717) is 10.7 Å². The highest BCUT2D eigenvalue weighted by Crippen LogP contribution is 2.38. The topological polar surface area (TPSA) is 99.1 Å². The predicted octanol–water partition coefficient (Wildman–Crippen LogP) is 3.17. The molecule has 1 aromatic carbocycles. The molecular formula is C14H10F3N3O3S2. The lowest BCUT2D eigenvalue weighted by Gasteiger charge is -2.07. The van der Waals surface area contributed by atoms with Crippen LogP contribution in [0.25, 0.3) is 21.8 Å². The Balaban J connectivity index is 2.25. The molecule has 132 valence electrons. The highest BCUT2D eigenvalue weighted by molar-refractivity contribution is 7.89. The number of rotatable bonds is 4. The van der Waals surface area contributed by atoms with Crippen molar-refractivity contribution in [3.8, 4) is 21.8 Å². The van der Waals surface area contributed by atoms with Crippen LogP contribution in [0, 0.1) is 18.6 Å². The normalized spacial score (nSPS) is 11.9. The van der Waals surface area contributed by atoms with Crippen LogP contribution in [0.2, 0.25) is 0 Å². The Hall–Kier alpha value is -2.24. The van der Waals surface area contributed by atoms with Crippen molar-refractivity contribution in [1.29, 1.82) is 0 Å². The number of aromatic nitrogens is 2. The number of halogens is 3. The fourth-order valence-corrected chi connectivity index (χ4v) is 3.74. The first-order valence-electron chi connectivity index (χ1n) is 6.71. The number of primary sulfonamides is 1. The van der Waals surface area contributed by atoms with E-state index in [1.54, 1.807) is 12.3 Å². The number of hydrogen-bond acceptors (Lipinski definition) is 6. The fraction of sp³-hybridized carbons (Fsp3) is 0.143. The van der Waals surface area contributed by atoms with Crippen LogP contribution in [0.3, 0.4) is 0 Å². The van der Waals surface area contributed by atoms with Crippen molar-refractivity contribution in [2.24, 2.45) is 5.14 Å². The first kappa shape index (κ1) is 17.6. The third-order valence-electron chi connectivity index (χ3n) is 3.28. The second-order valence-electron chi connectivity index (χ2n) is 5.07. The van der Waals surface area contributed by atoms with Crippen LogP contribution in [0.5, 0.6) is 0 Å². The first-order valence-corrected chi connectivity index (χ1v) is 9.14. The van der Waals surface area contributed by atoms with Crippen LogP contribution in [-0.2, 0) is 16.7 Å². The third-order valence-corrected chi connectivity index (χ3v) is 5.20. The van der Waals surface area contributed by atoms with E-state index in [2.05, 4.69) is 10.1 Å². The van der Waals surface area contributed by atoms with Crippen LogP contribution in [0.15, 0.2) is 26.9 Å². The molecular weight excluding hydrogens is 379 g/mol. The van der Waals surface area contributed by atoms with Crippen LogP contribution < -0.4 is 5.14 Å². The van der Waals surface area contributed by atoms with Crippen LogP contribution >= 0.6 is 11.3 Å². The van der Waals surface area contributed by atoms with E-state index in [1.165, 1.54) is 11.3 Å². The van der Waals surface area contributed by atoms with E-state index in [1.807, 2.05) is 0 Å². The molecule has 2 heterocycles. The van der Waals surface area contributed by atoms with Crippen molar-refractivity contribution >= 4 is 21.4 Å². The molecule has 0 spiro atoms. The van der Waals surface area contributed by atoms with Gasteiger partial charge in [-0.1, -0.05) is 5.16 Å². The lowest BCUT2D eigenvalue weighted by Crippen LogP contribution is -2.16. The van der Waals surface area contributed by atoms with E-state index in [4.69, 9.17) is 9.66 Å². The number of nitrogens with two attached hydrogens (primary N) is 1. The number of alkyl halides is 1. The molecule has 0 aliphatic carbocycles. The van der Waals surface area contributed by atoms with Gasteiger partial charge in [0.2, 0.25) is 10.0 Å². The Kier molecular flexibility index (Phi) is 4.39. The molecule has 0 atom stereocenters. The fourth-order valence-electron chi connectivity index (χ4n) is 2.30. The molecule has 11 heteroatoms. The highest BCUT2D eigenvalue weighted by atomic mass is 32.2. The van der Waals surface area contributed by atoms with Gasteiger partial charge in [0.15, 0.2) is 23.0 Å². The van der Waals surface area contributed by atoms with Gasteiger partial charge in [0, 0.05) is 11.1 Å². The summed E-state index contributed by atoms with van der Waals surface area (Å²) in [5.74, 6) is -3.06. The Morgan fingerprint density at radius 1 is 1.28 bits per heavy atom. The van der Waals surface area contributed by atoms with Gasteiger partial charge in [-0.05, 0) is 24.6 Å². The zero-order valence-corrected chi connectivity index (χ0v) is 14.2. The van der Waals surface area contributed by atoms with Crippen LogP contribution in [-0.4, -0.2) is 18.6 Å². The standard InChI is InChI=1S/C14H10F3N3O3S2/c1-6-5-24-14(19-6)12-11(10(4-15)23-20-12)7-2-8(16)13(9(17)3-7)25(18,21)22/h2-3,5H,4H2,1H3,(H2,18,21,22). The molecule has 2 aromatic heterocycles. The van der Waals surface area contributed by atoms with Gasteiger partial charge in [-0.15, -0.1) is 11.3 Å². The predicted molar refractivity (Wildman–Crippen MR) is 83.9 cm³/mol. The largest absolute Gasteiger partial charge is 0.357 e. The van der Waals surface area contributed by atoms with Crippen molar-refractivity contribution in [3.63, 3.8) is 0 Å². The maximum atomic E-state index is 14.1. The molecule has 0 saturated heterocycles. The average molecular weight is 389 g/mol. The minimum absolute atomic E-state index is 0.00406. The van der Waals surface area contributed by atoms with Crippen molar-refractivity contribution in [2.45, 2.75) is 18.5 Å². The molecule has 0 unspecified atom stereocenters. The number of benzene rings is 1. The summed E-state index contributed by atoms with van der Waals surface area (Å²) in [6.07, 6.45) is 0. The van der Waals surface area contributed by atoms with Crippen LogP contribution in [0.4, 0.5) is 13.2 Å². The summed E-state index contributed by atoms with van der Waals surface area (Å²) >= 11 is 1.19. The molecule has 2 N–H and O–H groups in total. The van der Waals surface area contributed by atoms with Crippen molar-refractivity contribution in [1.82, 2.24) is 10.1 Å². The zero-order valence-electron chi connectivity index (χ0n) is 12.6. The van der Waals surface area contributed by atoms with Crippen molar-refractivity contribution < 1.29 is 26.1 Å². The van der Waals surface area contributed by atoms with Crippen LogP contribution in [0.1, 0.15) is 11.5 Å². The summed E-state index contributed by atoms with van der Waals surface area (Å²) in [5, 5.41) is 10.6. The molecule has 0 fully saturated rings. The summed E-state index contributed by atoms with van der Waals surface area (Å²) in [6, 6.07) is 1.47. The Morgan fingerprint density at radius 2 is 1.92 bits per heavy atom. The Labute approximate surface area is 144 Å². The van der Waals surface area contributed by atoms with E-state index < -0.39 is 33.2 Å². The maximum absolute atomic E-state index is 14.1. The Morgan fingerprint density at radius 3 is 2.40 bits per heavy atom. The number of thiazole rings is 1. The molecule has 0 bridgehead atoms. The smallest absolute Gasteiger partial charge is 0.243 e. The highest BCUT2D eigenvalue weighted by Gasteiger charge is 2.26. The van der Waals surface area contributed by atoms with Gasteiger partial charge in [0.05, 0.1) is 5.56 Å². The molecule has 0 saturated carbocycles. The summed E-state index contributed by atoms with van der Waals surface area (Å²) in [6.45, 7) is 0.656. The molecule has 0 aliphatic heterocycles. The van der Waals surface area contributed by atoms with Gasteiger partial charge >= 0.3 is 0 Å². The minimum Gasteiger partial charge on any atom is -0.357 e. The van der Waals surface area contributed by atoms with E-state index >= 15 is 0 Å². The number of nitrogens with zero attached hydrogens (tertiary/aromatic N) is 2. The average Bonchev–Trinajstić information content (AvgIpc) is 3.10. The van der Waals surface area contributed by atoms with E-state index in [9.17, 15) is 21.6 Å². The minimum atomic E-state index is -4.60. The van der Waals surface area contributed by atoms with Gasteiger partial charge in [0.25, 0.3) is 0 Å². The summed E-state index contributed by atoms with van der Waals surface area (Å²) in [5.41, 5.74) is 0.639. The molecule has 6 nitrogen and oxygen atoms in total. The van der Waals surface area contributed by atoms with Gasteiger partial charge < -0.3 is 4.52 Å². The molecule has 0 radical (unpaired) electrons. The van der Waals surface area contributed by atoms with Gasteiger partial charge in [-0.25, -0.2) is 31.7 Å². The first-order chi connectivity index (χ1) is 11.7. The second kappa shape index (κ2) is 6.24. The van der Waals surface area contributed by atoms with Gasteiger partial charge in [0.1, 0.15) is 16.6 Å². The van der Waals surface area contributed by atoms with E-state index in [-0.39, 0.29) is 22.6 Å². The summed E-state index contributed by atoms with van der Waals surface area (Å²) < 4.78 is 68.9. The summed E-state index contributed by atoms with van der Waals surface area (Å²) in [4.78, 5) is 2.92. The third kappa shape index (κ3) is 3.17. The maximum Gasteiger partial charge on any atom is 0.243 e. The van der Waals surface area contributed by atoms with Crippen molar-refractivity contribution in [2.75, 3.05) is 0 Å². The molecule has 0 aliphatic rings. The lowest BCUT2D eigenvalue weighted by molar-refractivity contribution is 0.332. The van der Waals surface area contributed by atoms with Gasteiger partial charge in [-0.2, -0.15) is 0 Å². The second-order valence-corrected chi connectivity index (χ2v) is 7.43. The number of aryl methyl sites for hydroxylation is 1. The monoisotopic (exact) mass is 389 g/mol. The Bertz CT molecular complexity index is 1040. The summed E-state index contributed by atoms with van der Waals surface area (Å²) in [7, 11) is -4.60. The molecule has 3 aromatic rings. The molecule has 0 amide bonds. The quantitative estimate of drug-likeness (QED) is 0.739. The van der Waals surface area contributed by atoms with Crippen molar-refractivity contribution in [3.05, 3.63) is 40.6 Å². The SMILES string of the molecule is Cc1csc(-c2noc(CF)c2-c2cc(F)c(S(N)(=O)=O)c(F)c2)n1. The van der Waals surface area contributed by atoms with Gasteiger partial charge in [-0.3, -0.25) is 0 Å². The lowest BCUT2D eigenvalue weighted by atomic mass is 10.0. The number of sulfonamides is 1. The molecule has 25 heavy (non-hydrogen) atoms. The van der Waals surface area contributed by atoms with E-state index in [0.717, 1.165) is 12.1 Å². The number of hydrogen-bond donors (Lipinski definition) is 1. The zero-order chi connectivity index (χ0) is 18.4. The molecule has 3 rings (SSSR count).